The summed E-state index contributed by atoms with van der Waals surface area (Å²) in [5.74, 6) is 2.76. The molecular formula is C13H24. The van der Waals surface area contributed by atoms with E-state index in [-0.39, 0.29) is 0 Å². The van der Waals surface area contributed by atoms with Crippen LogP contribution in [0.1, 0.15) is 52.4 Å². The third-order valence-electron chi connectivity index (χ3n) is 3.60. The molecule has 3 atom stereocenters. The molecule has 0 aliphatic heterocycles. The van der Waals surface area contributed by atoms with Crippen LogP contribution in [0.2, 0.25) is 0 Å². The lowest BCUT2D eigenvalue weighted by Crippen LogP contribution is -2.03. The minimum Gasteiger partial charge on any atom is -0.103 e. The molecule has 0 spiro atoms. The fourth-order valence-electron chi connectivity index (χ4n) is 2.64. The van der Waals surface area contributed by atoms with Crippen LogP contribution in [0.15, 0.2) is 12.7 Å². The van der Waals surface area contributed by atoms with Gasteiger partial charge in [-0.2, -0.15) is 0 Å². The van der Waals surface area contributed by atoms with Crippen LogP contribution in [0.3, 0.4) is 0 Å². The average molecular weight is 180 g/mol. The molecule has 3 unspecified atom stereocenters. The SMILES string of the molecule is C=CC1CC(C)C(CCCCC)C1. The number of rotatable bonds is 5. The second-order valence-electron chi connectivity index (χ2n) is 4.70. The Hall–Kier alpha value is -0.260. The summed E-state index contributed by atoms with van der Waals surface area (Å²) in [4.78, 5) is 0. The van der Waals surface area contributed by atoms with Crippen LogP contribution in [-0.2, 0) is 0 Å². The molecule has 0 nitrogen and oxygen atoms in total. The van der Waals surface area contributed by atoms with Gasteiger partial charge in [0.1, 0.15) is 0 Å². The third kappa shape index (κ3) is 3.17. The first-order chi connectivity index (χ1) is 6.27. The molecular weight excluding hydrogens is 156 g/mol. The van der Waals surface area contributed by atoms with Gasteiger partial charge in [-0.1, -0.05) is 45.6 Å². The lowest BCUT2D eigenvalue weighted by molar-refractivity contribution is 0.376. The van der Waals surface area contributed by atoms with Gasteiger partial charge in [0.15, 0.2) is 0 Å². The largest absolute Gasteiger partial charge is 0.103 e. The molecule has 0 saturated heterocycles. The van der Waals surface area contributed by atoms with E-state index in [1.165, 1.54) is 38.5 Å². The maximum absolute atomic E-state index is 3.91. The quantitative estimate of drug-likeness (QED) is 0.434. The predicted molar refractivity (Wildman–Crippen MR) is 59.7 cm³/mol. The first kappa shape index (κ1) is 10.8. The number of allylic oxidation sites excluding steroid dienone is 1. The Bertz CT molecular complexity index is 148. The summed E-state index contributed by atoms with van der Waals surface area (Å²) in [5.41, 5.74) is 0. The second-order valence-corrected chi connectivity index (χ2v) is 4.70. The number of hydrogen-bond acceptors (Lipinski definition) is 0. The molecule has 1 fully saturated rings. The molecule has 0 N–H and O–H groups in total. The van der Waals surface area contributed by atoms with Crippen molar-refractivity contribution in [2.45, 2.75) is 52.4 Å². The van der Waals surface area contributed by atoms with Gasteiger partial charge in [-0.15, -0.1) is 6.58 Å². The molecule has 1 aliphatic rings. The van der Waals surface area contributed by atoms with Crippen LogP contribution in [0, 0.1) is 17.8 Å². The first-order valence-electron chi connectivity index (χ1n) is 5.90. The normalized spacial score (nSPS) is 33.5. The highest BCUT2D eigenvalue weighted by Crippen LogP contribution is 2.39. The zero-order valence-corrected chi connectivity index (χ0v) is 9.26. The van der Waals surface area contributed by atoms with Gasteiger partial charge < -0.3 is 0 Å². The Morgan fingerprint density at radius 2 is 2.08 bits per heavy atom. The van der Waals surface area contributed by atoms with Crippen molar-refractivity contribution in [1.82, 2.24) is 0 Å². The minimum absolute atomic E-state index is 0.821. The van der Waals surface area contributed by atoms with Crippen molar-refractivity contribution >= 4 is 0 Å². The number of hydrogen-bond donors (Lipinski definition) is 0. The van der Waals surface area contributed by atoms with Crippen molar-refractivity contribution in [3.63, 3.8) is 0 Å². The van der Waals surface area contributed by atoms with Crippen molar-refractivity contribution in [1.29, 1.82) is 0 Å². The topological polar surface area (TPSA) is 0 Å². The van der Waals surface area contributed by atoms with Crippen molar-refractivity contribution in [3.05, 3.63) is 12.7 Å². The van der Waals surface area contributed by atoms with E-state index in [4.69, 9.17) is 0 Å². The molecule has 13 heavy (non-hydrogen) atoms. The minimum atomic E-state index is 0.821. The smallest absolute Gasteiger partial charge is 0.0231 e. The van der Waals surface area contributed by atoms with Crippen molar-refractivity contribution in [2.75, 3.05) is 0 Å². The Balaban J connectivity index is 2.22. The van der Waals surface area contributed by atoms with Crippen LogP contribution in [0.4, 0.5) is 0 Å². The van der Waals surface area contributed by atoms with Crippen LogP contribution in [0.25, 0.3) is 0 Å². The van der Waals surface area contributed by atoms with Crippen LogP contribution in [0.5, 0.6) is 0 Å². The van der Waals surface area contributed by atoms with Crippen molar-refractivity contribution in [2.24, 2.45) is 17.8 Å². The summed E-state index contributed by atoms with van der Waals surface area (Å²) in [6, 6.07) is 0. The lowest BCUT2D eigenvalue weighted by atomic mass is 9.92. The van der Waals surface area contributed by atoms with E-state index in [1.54, 1.807) is 0 Å². The molecule has 0 radical (unpaired) electrons. The molecule has 0 amide bonds. The highest BCUT2D eigenvalue weighted by molar-refractivity contribution is 4.90. The first-order valence-corrected chi connectivity index (χ1v) is 5.90. The van der Waals surface area contributed by atoms with E-state index in [0.29, 0.717) is 0 Å². The Morgan fingerprint density at radius 3 is 2.62 bits per heavy atom. The molecule has 0 heterocycles. The fraction of sp³-hybridized carbons (Fsp3) is 0.846. The lowest BCUT2D eigenvalue weighted by Gasteiger charge is -2.13. The monoisotopic (exact) mass is 180 g/mol. The van der Waals surface area contributed by atoms with Gasteiger partial charge in [-0.3, -0.25) is 0 Å². The summed E-state index contributed by atoms with van der Waals surface area (Å²) in [5, 5.41) is 0. The van der Waals surface area contributed by atoms with Crippen LogP contribution in [-0.4, -0.2) is 0 Å². The standard InChI is InChI=1S/C13H24/c1-4-6-7-8-13-10-12(5-2)9-11(13)3/h5,11-13H,2,4,6-10H2,1,3H3. The van der Waals surface area contributed by atoms with E-state index < -0.39 is 0 Å². The van der Waals surface area contributed by atoms with E-state index in [2.05, 4.69) is 26.5 Å². The molecule has 76 valence electrons. The van der Waals surface area contributed by atoms with Gasteiger partial charge in [0.2, 0.25) is 0 Å². The van der Waals surface area contributed by atoms with E-state index in [1.807, 2.05) is 0 Å². The third-order valence-corrected chi connectivity index (χ3v) is 3.60. The Kier molecular flexibility index (Phi) is 4.55. The summed E-state index contributed by atoms with van der Waals surface area (Å²) in [6.07, 6.45) is 10.6. The van der Waals surface area contributed by atoms with E-state index in [0.717, 1.165) is 17.8 Å². The second kappa shape index (κ2) is 5.47. The van der Waals surface area contributed by atoms with E-state index in [9.17, 15) is 0 Å². The van der Waals surface area contributed by atoms with Crippen molar-refractivity contribution in [3.8, 4) is 0 Å². The molecule has 0 aromatic rings. The molecule has 1 saturated carbocycles. The Morgan fingerprint density at radius 1 is 1.31 bits per heavy atom. The highest BCUT2D eigenvalue weighted by Gasteiger charge is 2.28. The van der Waals surface area contributed by atoms with Crippen molar-refractivity contribution < 1.29 is 0 Å². The number of unbranched alkanes of at least 4 members (excludes halogenated alkanes) is 2. The predicted octanol–water partition coefficient (Wildman–Crippen LogP) is 4.42. The molecule has 0 heteroatoms. The fourth-order valence-corrected chi connectivity index (χ4v) is 2.64. The van der Waals surface area contributed by atoms with Gasteiger partial charge in [-0.05, 0) is 30.6 Å². The molecule has 1 rings (SSSR count). The zero-order chi connectivity index (χ0) is 9.68. The van der Waals surface area contributed by atoms with Crippen LogP contribution >= 0.6 is 0 Å². The van der Waals surface area contributed by atoms with E-state index >= 15 is 0 Å². The average Bonchev–Trinajstić information content (AvgIpc) is 2.48. The molecule has 0 aromatic heterocycles. The maximum atomic E-state index is 3.91. The van der Waals surface area contributed by atoms with Gasteiger partial charge in [0.25, 0.3) is 0 Å². The van der Waals surface area contributed by atoms with Gasteiger partial charge in [-0.25, -0.2) is 0 Å². The summed E-state index contributed by atoms with van der Waals surface area (Å²) < 4.78 is 0. The highest BCUT2D eigenvalue weighted by atomic mass is 14.3. The molecule has 1 aliphatic carbocycles. The Labute approximate surface area is 83.4 Å². The maximum Gasteiger partial charge on any atom is -0.0231 e. The molecule has 0 aromatic carbocycles. The van der Waals surface area contributed by atoms with Gasteiger partial charge in [0, 0.05) is 0 Å². The van der Waals surface area contributed by atoms with Gasteiger partial charge >= 0.3 is 0 Å². The summed E-state index contributed by atoms with van der Waals surface area (Å²) >= 11 is 0. The summed E-state index contributed by atoms with van der Waals surface area (Å²) in [6.45, 7) is 8.61. The molecule has 0 bridgehead atoms. The van der Waals surface area contributed by atoms with Crippen LogP contribution < -0.4 is 0 Å². The summed E-state index contributed by atoms with van der Waals surface area (Å²) in [7, 11) is 0. The van der Waals surface area contributed by atoms with Gasteiger partial charge in [0.05, 0.1) is 0 Å². The zero-order valence-electron chi connectivity index (χ0n) is 9.26.